The van der Waals surface area contributed by atoms with E-state index in [0.29, 0.717) is 11.3 Å². The Hall–Kier alpha value is -2.30. The van der Waals surface area contributed by atoms with E-state index >= 15 is 0 Å². The number of ketones is 1. The topological polar surface area (TPSA) is 55.8 Å². The number of rotatable bonds is 5. The number of carbonyl (C=O) groups is 2. The lowest BCUT2D eigenvalue weighted by Gasteiger charge is -2.16. The van der Waals surface area contributed by atoms with Gasteiger partial charge in [-0.15, -0.1) is 0 Å². The van der Waals surface area contributed by atoms with Gasteiger partial charge in [-0.1, -0.05) is 18.7 Å². The molecule has 0 bridgehead atoms. The maximum atomic E-state index is 11.6. The number of ether oxygens (including phenoxy) is 2. The minimum atomic E-state index is -0.572. The third-order valence-electron chi connectivity index (χ3n) is 2.27. The van der Waals surface area contributed by atoms with Crippen LogP contribution < -0.4 is 9.47 Å². The lowest BCUT2D eigenvalue weighted by atomic mass is 10.1. The van der Waals surface area contributed by atoms with Gasteiger partial charge in [0.05, 0.1) is 5.56 Å². The summed E-state index contributed by atoms with van der Waals surface area (Å²) in [6.07, 6.45) is 0.995. The van der Waals surface area contributed by atoms with Crippen molar-refractivity contribution in [3.05, 3.63) is 36.4 Å². The molecule has 0 aromatic heterocycles. The average molecular weight is 263 g/mol. The van der Waals surface area contributed by atoms with E-state index in [4.69, 9.17) is 9.47 Å². The van der Waals surface area contributed by atoms with Gasteiger partial charge in [0, 0.05) is 14.1 Å². The molecular formula is C14H17NO4. The quantitative estimate of drug-likeness (QED) is 0.605. The minimum absolute atomic E-state index is 0.135. The molecular weight excluding hydrogens is 246 g/mol. The summed E-state index contributed by atoms with van der Waals surface area (Å²) in [5.41, 5.74) is 0.303. The van der Waals surface area contributed by atoms with E-state index in [1.807, 2.05) is 0 Å². The highest BCUT2D eigenvalue weighted by Gasteiger charge is 2.18. The van der Waals surface area contributed by atoms with Crippen LogP contribution in [0.3, 0.4) is 0 Å². The Morgan fingerprint density at radius 2 is 2.05 bits per heavy atom. The van der Waals surface area contributed by atoms with Crippen molar-refractivity contribution in [3.63, 3.8) is 0 Å². The summed E-state index contributed by atoms with van der Waals surface area (Å²) in [7, 11) is 3.12. The third-order valence-corrected chi connectivity index (χ3v) is 2.27. The highest BCUT2D eigenvalue weighted by atomic mass is 16.6. The second-order valence-electron chi connectivity index (χ2n) is 4.05. The van der Waals surface area contributed by atoms with E-state index in [9.17, 15) is 9.59 Å². The largest absolute Gasteiger partial charge is 0.486 e. The maximum Gasteiger partial charge on any atom is 0.414 e. The van der Waals surface area contributed by atoms with Gasteiger partial charge in [-0.25, -0.2) is 4.79 Å². The number of carbonyl (C=O) groups excluding carboxylic acids is 2. The van der Waals surface area contributed by atoms with Crippen molar-refractivity contribution in [1.82, 2.24) is 4.90 Å². The first-order valence-corrected chi connectivity index (χ1v) is 5.74. The Morgan fingerprint density at radius 1 is 1.37 bits per heavy atom. The monoisotopic (exact) mass is 263 g/mol. The van der Waals surface area contributed by atoms with Crippen LogP contribution in [-0.4, -0.2) is 37.5 Å². The van der Waals surface area contributed by atoms with E-state index in [2.05, 4.69) is 6.58 Å². The smallest absolute Gasteiger partial charge is 0.414 e. The summed E-state index contributed by atoms with van der Waals surface area (Å²) >= 11 is 0. The van der Waals surface area contributed by atoms with Crippen molar-refractivity contribution in [2.24, 2.45) is 0 Å². The van der Waals surface area contributed by atoms with Gasteiger partial charge < -0.3 is 14.4 Å². The van der Waals surface area contributed by atoms with Crippen molar-refractivity contribution < 1.29 is 19.1 Å². The van der Waals surface area contributed by atoms with Crippen molar-refractivity contribution in [1.29, 1.82) is 0 Å². The molecule has 0 saturated carbocycles. The molecule has 0 N–H and O–H groups in total. The molecule has 0 unspecified atom stereocenters. The van der Waals surface area contributed by atoms with Gasteiger partial charge in [-0.2, -0.15) is 0 Å². The predicted molar refractivity (Wildman–Crippen MR) is 71.8 cm³/mol. The van der Waals surface area contributed by atoms with Crippen LogP contribution in [0.25, 0.3) is 0 Å². The Kier molecular flexibility index (Phi) is 5.11. The van der Waals surface area contributed by atoms with Crippen LogP contribution in [0.1, 0.15) is 17.3 Å². The van der Waals surface area contributed by atoms with Crippen molar-refractivity contribution >= 4 is 11.9 Å². The molecule has 1 rings (SSSR count). The van der Waals surface area contributed by atoms with E-state index < -0.39 is 6.09 Å². The van der Waals surface area contributed by atoms with Crippen LogP contribution in [0.15, 0.2) is 30.9 Å². The van der Waals surface area contributed by atoms with Gasteiger partial charge in [0.1, 0.15) is 6.61 Å². The Balaban J connectivity index is 3.16. The number of amides is 1. The molecule has 19 heavy (non-hydrogen) atoms. The first-order valence-electron chi connectivity index (χ1n) is 5.74. The average Bonchev–Trinajstić information content (AvgIpc) is 2.36. The molecule has 0 aliphatic heterocycles. The lowest BCUT2D eigenvalue weighted by Crippen LogP contribution is -2.26. The van der Waals surface area contributed by atoms with Crippen LogP contribution in [0.4, 0.5) is 4.79 Å². The fourth-order valence-electron chi connectivity index (χ4n) is 1.34. The van der Waals surface area contributed by atoms with Crippen LogP contribution >= 0.6 is 0 Å². The van der Waals surface area contributed by atoms with E-state index in [1.54, 1.807) is 38.4 Å². The molecule has 0 heterocycles. The number of Topliss-reactive ketones (excluding diaryl/α,β-unsaturated/α-hetero) is 1. The lowest BCUT2D eigenvalue weighted by molar-refractivity contribution is 0.101. The van der Waals surface area contributed by atoms with Gasteiger partial charge in [-0.05, 0) is 19.1 Å². The normalized spacial score (nSPS) is 9.63. The van der Waals surface area contributed by atoms with Gasteiger partial charge >= 0.3 is 6.09 Å². The molecule has 0 radical (unpaired) electrons. The van der Waals surface area contributed by atoms with Gasteiger partial charge in [-0.3, -0.25) is 4.79 Å². The summed E-state index contributed by atoms with van der Waals surface area (Å²) in [6.45, 7) is 5.20. The standard InChI is InChI=1S/C14H17NO4/c1-5-9-18-12-8-6-7-11(10(2)16)13(12)19-14(17)15(3)4/h5-8H,1,9H2,2-4H3. The molecule has 102 valence electrons. The van der Waals surface area contributed by atoms with Gasteiger partial charge in [0.15, 0.2) is 17.3 Å². The fraction of sp³-hybridized carbons (Fsp3) is 0.286. The van der Waals surface area contributed by atoms with Gasteiger partial charge in [0.25, 0.3) is 0 Å². The molecule has 0 aliphatic rings. The summed E-state index contributed by atoms with van der Waals surface area (Å²) in [5, 5.41) is 0. The van der Waals surface area contributed by atoms with Crippen LogP contribution in [0, 0.1) is 0 Å². The Morgan fingerprint density at radius 3 is 2.58 bits per heavy atom. The molecule has 1 aromatic rings. The minimum Gasteiger partial charge on any atom is -0.486 e. The Labute approximate surface area is 112 Å². The van der Waals surface area contributed by atoms with Crippen molar-refractivity contribution in [3.8, 4) is 11.5 Å². The summed E-state index contributed by atoms with van der Waals surface area (Å²) in [6, 6.07) is 4.89. The second-order valence-corrected chi connectivity index (χ2v) is 4.05. The molecule has 5 nitrogen and oxygen atoms in total. The zero-order valence-electron chi connectivity index (χ0n) is 11.3. The third kappa shape index (κ3) is 3.84. The van der Waals surface area contributed by atoms with E-state index in [-0.39, 0.29) is 18.1 Å². The SMILES string of the molecule is C=CCOc1cccc(C(C)=O)c1OC(=O)N(C)C. The molecule has 5 heteroatoms. The zero-order valence-corrected chi connectivity index (χ0v) is 11.3. The zero-order chi connectivity index (χ0) is 14.4. The van der Waals surface area contributed by atoms with Crippen LogP contribution in [-0.2, 0) is 0 Å². The molecule has 1 amide bonds. The summed E-state index contributed by atoms with van der Waals surface area (Å²) in [4.78, 5) is 24.5. The molecule has 0 fully saturated rings. The summed E-state index contributed by atoms with van der Waals surface area (Å²) < 4.78 is 10.6. The fourth-order valence-corrected chi connectivity index (χ4v) is 1.34. The predicted octanol–water partition coefficient (Wildman–Crippen LogP) is 2.51. The number of hydrogen-bond donors (Lipinski definition) is 0. The number of nitrogens with zero attached hydrogens (tertiary/aromatic N) is 1. The van der Waals surface area contributed by atoms with Crippen LogP contribution in [0.2, 0.25) is 0 Å². The first-order chi connectivity index (χ1) is 8.97. The highest BCUT2D eigenvalue weighted by molar-refractivity contribution is 5.98. The Bertz CT molecular complexity index is 494. The maximum absolute atomic E-state index is 11.6. The number of para-hydroxylation sites is 1. The van der Waals surface area contributed by atoms with Gasteiger partial charge in [0.2, 0.25) is 0 Å². The highest BCUT2D eigenvalue weighted by Crippen LogP contribution is 2.32. The van der Waals surface area contributed by atoms with Crippen molar-refractivity contribution in [2.75, 3.05) is 20.7 Å². The summed E-state index contributed by atoms with van der Waals surface area (Å²) in [5.74, 6) is 0.268. The molecule has 0 spiro atoms. The molecule has 0 saturated heterocycles. The van der Waals surface area contributed by atoms with E-state index in [0.717, 1.165) is 0 Å². The number of benzene rings is 1. The van der Waals surface area contributed by atoms with E-state index in [1.165, 1.54) is 11.8 Å². The molecule has 1 aromatic carbocycles. The number of hydrogen-bond acceptors (Lipinski definition) is 4. The molecule has 0 aliphatic carbocycles. The molecule has 0 atom stereocenters. The second kappa shape index (κ2) is 6.58. The van der Waals surface area contributed by atoms with Crippen LogP contribution in [0.5, 0.6) is 11.5 Å². The van der Waals surface area contributed by atoms with Crippen molar-refractivity contribution in [2.45, 2.75) is 6.92 Å². The first kappa shape index (κ1) is 14.8.